The summed E-state index contributed by atoms with van der Waals surface area (Å²) in [5.74, 6) is 0.819. The van der Waals surface area contributed by atoms with Gasteiger partial charge < -0.3 is 15.5 Å². The maximum absolute atomic E-state index is 3.77. The van der Waals surface area contributed by atoms with Gasteiger partial charge in [0.2, 0.25) is 0 Å². The molecule has 0 aromatic heterocycles. The predicted molar refractivity (Wildman–Crippen MR) is 75.4 cm³/mol. The molecule has 1 atom stereocenters. The highest BCUT2D eigenvalue weighted by molar-refractivity contribution is 4.81. The van der Waals surface area contributed by atoms with Crippen molar-refractivity contribution < 1.29 is 0 Å². The van der Waals surface area contributed by atoms with Gasteiger partial charge in [0.25, 0.3) is 0 Å². The van der Waals surface area contributed by atoms with E-state index in [1.807, 2.05) is 0 Å². The lowest BCUT2D eigenvalue weighted by molar-refractivity contribution is 0.185. The van der Waals surface area contributed by atoms with E-state index in [1.54, 1.807) is 0 Å². The zero-order chi connectivity index (χ0) is 12.7. The molecular formula is C14H31N3. The Labute approximate surface area is 107 Å². The molecule has 0 aliphatic carbocycles. The highest BCUT2D eigenvalue weighted by Gasteiger charge is 2.22. The first-order valence-electron chi connectivity index (χ1n) is 7.29. The summed E-state index contributed by atoms with van der Waals surface area (Å²) in [6.45, 7) is 8.12. The Kier molecular flexibility index (Phi) is 7.09. The standard InChI is InChI=1S/C14H31N3/c1-5-12(6-2)14(17(3)4)11-16-13-7-9-15-10-8-13/h12-16H,5-11H2,1-4H3. The first-order chi connectivity index (χ1) is 8.19. The zero-order valence-electron chi connectivity index (χ0n) is 12.1. The number of likely N-dealkylation sites (N-methyl/N-ethyl adjacent to an activating group) is 1. The van der Waals surface area contributed by atoms with Crippen molar-refractivity contribution in [2.24, 2.45) is 5.92 Å². The molecular weight excluding hydrogens is 210 g/mol. The van der Waals surface area contributed by atoms with Gasteiger partial charge in [0.05, 0.1) is 0 Å². The van der Waals surface area contributed by atoms with Gasteiger partial charge >= 0.3 is 0 Å². The van der Waals surface area contributed by atoms with Crippen LogP contribution in [0.3, 0.4) is 0 Å². The maximum Gasteiger partial charge on any atom is 0.0242 e. The van der Waals surface area contributed by atoms with Crippen molar-refractivity contribution in [1.82, 2.24) is 15.5 Å². The number of hydrogen-bond donors (Lipinski definition) is 2. The van der Waals surface area contributed by atoms with Crippen LogP contribution in [0.15, 0.2) is 0 Å². The van der Waals surface area contributed by atoms with E-state index in [-0.39, 0.29) is 0 Å². The molecule has 1 rings (SSSR count). The quantitative estimate of drug-likeness (QED) is 0.710. The van der Waals surface area contributed by atoms with Gasteiger partial charge in [0.1, 0.15) is 0 Å². The fourth-order valence-electron chi connectivity index (χ4n) is 2.92. The number of rotatable bonds is 7. The molecule has 2 N–H and O–H groups in total. The molecule has 0 aromatic carbocycles. The largest absolute Gasteiger partial charge is 0.317 e. The van der Waals surface area contributed by atoms with E-state index in [0.717, 1.165) is 18.5 Å². The second-order valence-electron chi connectivity index (χ2n) is 5.54. The molecule has 0 radical (unpaired) electrons. The number of nitrogens with zero attached hydrogens (tertiary/aromatic N) is 1. The number of hydrogen-bond acceptors (Lipinski definition) is 3. The van der Waals surface area contributed by atoms with Crippen LogP contribution in [0.4, 0.5) is 0 Å². The van der Waals surface area contributed by atoms with Crippen LogP contribution in [-0.4, -0.2) is 50.7 Å². The summed E-state index contributed by atoms with van der Waals surface area (Å²) in [5.41, 5.74) is 0. The molecule has 1 saturated heterocycles. The summed E-state index contributed by atoms with van der Waals surface area (Å²) in [6.07, 6.45) is 5.13. The van der Waals surface area contributed by atoms with Crippen molar-refractivity contribution in [2.45, 2.75) is 51.6 Å². The third kappa shape index (κ3) is 4.94. The summed E-state index contributed by atoms with van der Waals surface area (Å²) in [5, 5.41) is 7.19. The molecule has 1 heterocycles. The molecule has 3 heteroatoms. The fraction of sp³-hybridized carbons (Fsp3) is 1.00. The highest BCUT2D eigenvalue weighted by Crippen LogP contribution is 2.17. The summed E-state index contributed by atoms with van der Waals surface area (Å²) in [6, 6.07) is 1.41. The van der Waals surface area contributed by atoms with Gasteiger partial charge in [-0.3, -0.25) is 0 Å². The second-order valence-corrected chi connectivity index (χ2v) is 5.54. The number of nitrogens with one attached hydrogen (secondary N) is 2. The monoisotopic (exact) mass is 241 g/mol. The first-order valence-corrected chi connectivity index (χ1v) is 7.29. The van der Waals surface area contributed by atoms with Gasteiger partial charge in [-0.2, -0.15) is 0 Å². The van der Waals surface area contributed by atoms with Crippen LogP contribution in [0.5, 0.6) is 0 Å². The minimum atomic E-state index is 0.680. The van der Waals surface area contributed by atoms with Gasteiger partial charge in [-0.05, 0) is 45.9 Å². The Morgan fingerprint density at radius 3 is 2.24 bits per heavy atom. The molecule has 17 heavy (non-hydrogen) atoms. The predicted octanol–water partition coefficient (Wildman–Crippen LogP) is 1.69. The lowest BCUT2D eigenvalue weighted by atomic mass is 9.92. The molecule has 3 nitrogen and oxygen atoms in total. The van der Waals surface area contributed by atoms with E-state index in [4.69, 9.17) is 0 Å². The van der Waals surface area contributed by atoms with Crippen LogP contribution in [-0.2, 0) is 0 Å². The van der Waals surface area contributed by atoms with Crippen LogP contribution >= 0.6 is 0 Å². The normalized spacial score (nSPS) is 20.1. The Balaban J connectivity index is 2.37. The summed E-state index contributed by atoms with van der Waals surface area (Å²) < 4.78 is 0. The van der Waals surface area contributed by atoms with Crippen LogP contribution in [0, 0.1) is 5.92 Å². The van der Waals surface area contributed by atoms with Crippen molar-refractivity contribution in [3.8, 4) is 0 Å². The molecule has 0 spiro atoms. The van der Waals surface area contributed by atoms with Crippen LogP contribution in [0.1, 0.15) is 39.5 Å². The Morgan fingerprint density at radius 2 is 1.76 bits per heavy atom. The Bertz CT molecular complexity index is 184. The fourth-order valence-corrected chi connectivity index (χ4v) is 2.92. The molecule has 1 aliphatic heterocycles. The molecule has 1 aliphatic rings. The zero-order valence-corrected chi connectivity index (χ0v) is 12.1. The smallest absolute Gasteiger partial charge is 0.0242 e. The van der Waals surface area contributed by atoms with Gasteiger partial charge in [0, 0.05) is 18.6 Å². The van der Waals surface area contributed by atoms with E-state index in [1.165, 1.54) is 38.8 Å². The van der Waals surface area contributed by atoms with Gasteiger partial charge in [-0.15, -0.1) is 0 Å². The van der Waals surface area contributed by atoms with Gasteiger partial charge in [0.15, 0.2) is 0 Å². The van der Waals surface area contributed by atoms with E-state index in [0.29, 0.717) is 6.04 Å². The van der Waals surface area contributed by atoms with Crippen molar-refractivity contribution >= 4 is 0 Å². The highest BCUT2D eigenvalue weighted by atomic mass is 15.1. The third-order valence-corrected chi connectivity index (χ3v) is 4.21. The van der Waals surface area contributed by atoms with Crippen molar-refractivity contribution in [3.63, 3.8) is 0 Å². The summed E-state index contributed by atoms with van der Waals surface area (Å²) in [7, 11) is 4.43. The van der Waals surface area contributed by atoms with Crippen molar-refractivity contribution in [2.75, 3.05) is 33.7 Å². The minimum Gasteiger partial charge on any atom is -0.317 e. The van der Waals surface area contributed by atoms with E-state index in [2.05, 4.69) is 43.5 Å². The Morgan fingerprint density at radius 1 is 1.18 bits per heavy atom. The summed E-state index contributed by atoms with van der Waals surface area (Å²) in [4.78, 5) is 2.39. The third-order valence-electron chi connectivity index (χ3n) is 4.21. The molecule has 1 fully saturated rings. The first kappa shape index (κ1) is 14.9. The van der Waals surface area contributed by atoms with E-state index in [9.17, 15) is 0 Å². The molecule has 102 valence electrons. The maximum atomic E-state index is 3.77. The molecule has 0 amide bonds. The van der Waals surface area contributed by atoms with Gasteiger partial charge in [-0.1, -0.05) is 26.7 Å². The lowest BCUT2D eigenvalue weighted by Crippen LogP contribution is -2.48. The van der Waals surface area contributed by atoms with Gasteiger partial charge in [-0.25, -0.2) is 0 Å². The lowest BCUT2D eigenvalue weighted by Gasteiger charge is -2.34. The molecule has 0 bridgehead atoms. The Hall–Kier alpha value is -0.120. The van der Waals surface area contributed by atoms with Crippen LogP contribution < -0.4 is 10.6 Å². The SMILES string of the molecule is CCC(CC)C(CNC1CCNCC1)N(C)C. The topological polar surface area (TPSA) is 27.3 Å². The molecule has 0 saturated carbocycles. The van der Waals surface area contributed by atoms with Crippen molar-refractivity contribution in [1.29, 1.82) is 0 Å². The van der Waals surface area contributed by atoms with E-state index >= 15 is 0 Å². The average molecular weight is 241 g/mol. The second kappa shape index (κ2) is 8.06. The summed E-state index contributed by atoms with van der Waals surface area (Å²) >= 11 is 0. The van der Waals surface area contributed by atoms with E-state index < -0.39 is 0 Å². The molecule has 1 unspecified atom stereocenters. The molecule has 0 aromatic rings. The van der Waals surface area contributed by atoms with Crippen LogP contribution in [0.2, 0.25) is 0 Å². The number of piperidine rings is 1. The minimum absolute atomic E-state index is 0.680. The van der Waals surface area contributed by atoms with Crippen molar-refractivity contribution in [3.05, 3.63) is 0 Å². The average Bonchev–Trinajstić information content (AvgIpc) is 2.35. The van der Waals surface area contributed by atoms with Crippen LogP contribution in [0.25, 0.3) is 0 Å².